The van der Waals surface area contributed by atoms with Gasteiger partial charge in [-0.05, 0) is 51.2 Å². The second-order valence-electron chi connectivity index (χ2n) is 6.30. The molecule has 0 unspecified atom stereocenters. The van der Waals surface area contributed by atoms with Crippen LogP contribution in [0.2, 0.25) is 0 Å². The van der Waals surface area contributed by atoms with Gasteiger partial charge >= 0.3 is 0 Å². The quantitative estimate of drug-likeness (QED) is 0.874. The van der Waals surface area contributed by atoms with Crippen molar-refractivity contribution in [2.45, 2.75) is 38.3 Å². The summed E-state index contributed by atoms with van der Waals surface area (Å²) in [4.78, 5) is 15.5. The Morgan fingerprint density at radius 2 is 1.92 bits per heavy atom. The molecule has 0 aliphatic carbocycles. The van der Waals surface area contributed by atoms with E-state index in [1.165, 1.54) is 9.75 Å². The number of ether oxygens (including phenoxy) is 1. The molecule has 2 N–H and O–H groups in total. The number of rotatable bonds is 5. The molecule has 1 aromatic carbocycles. The van der Waals surface area contributed by atoms with Gasteiger partial charge in [0, 0.05) is 22.6 Å². The van der Waals surface area contributed by atoms with E-state index in [9.17, 15) is 4.79 Å². The predicted octanol–water partition coefficient (Wildman–Crippen LogP) is 3.43. The largest absolute Gasteiger partial charge is 0.477 e. The number of hydrogen-bond acceptors (Lipinski definition) is 4. The van der Waals surface area contributed by atoms with E-state index in [-0.39, 0.29) is 11.9 Å². The Hall–Kier alpha value is -1.85. The number of amides is 1. The molecule has 0 bridgehead atoms. The summed E-state index contributed by atoms with van der Waals surface area (Å²) in [5.41, 5.74) is -0.798. The first-order valence-electron chi connectivity index (χ1n) is 8.41. The van der Waals surface area contributed by atoms with Crippen LogP contribution in [0, 0.1) is 6.92 Å². The molecule has 128 valence electrons. The molecule has 0 radical (unpaired) electrons. The first-order valence-corrected chi connectivity index (χ1v) is 9.23. The first-order chi connectivity index (χ1) is 11.6. The molecule has 1 aliphatic heterocycles. The monoisotopic (exact) mass is 344 g/mol. The van der Waals surface area contributed by atoms with E-state index in [0.717, 1.165) is 18.8 Å². The summed E-state index contributed by atoms with van der Waals surface area (Å²) in [5.74, 6) is 0.723. The fraction of sp³-hybridized carbons (Fsp3) is 0.421. The molecule has 1 amide bonds. The number of aryl methyl sites for hydroxylation is 1. The van der Waals surface area contributed by atoms with Gasteiger partial charge in [-0.25, -0.2) is 0 Å². The number of piperidine rings is 1. The molecule has 4 nitrogen and oxygen atoms in total. The zero-order valence-electron chi connectivity index (χ0n) is 14.2. The standard InChI is InChI=1S/C19H24N2O2S/c1-14-8-9-17(24-14)15(2)21-18(22)19(10-12-20-13-11-19)23-16-6-4-3-5-7-16/h3-9,15,20H,10-13H2,1-2H3,(H,21,22)/t15-/m0/s1. The lowest BCUT2D eigenvalue weighted by Crippen LogP contribution is -2.56. The number of benzene rings is 1. The number of hydrogen-bond donors (Lipinski definition) is 2. The molecule has 0 saturated carbocycles. The summed E-state index contributed by atoms with van der Waals surface area (Å²) in [6.07, 6.45) is 1.34. The van der Waals surface area contributed by atoms with Gasteiger partial charge < -0.3 is 15.4 Å². The van der Waals surface area contributed by atoms with Crippen LogP contribution in [0.3, 0.4) is 0 Å². The van der Waals surface area contributed by atoms with Crippen molar-refractivity contribution in [2.75, 3.05) is 13.1 Å². The summed E-state index contributed by atoms with van der Waals surface area (Å²) in [6, 6.07) is 13.8. The highest BCUT2D eigenvalue weighted by Gasteiger charge is 2.42. The van der Waals surface area contributed by atoms with Gasteiger partial charge in [0.2, 0.25) is 0 Å². The highest BCUT2D eigenvalue weighted by Crippen LogP contribution is 2.29. The fourth-order valence-corrected chi connectivity index (χ4v) is 3.89. The molecule has 2 heterocycles. The second-order valence-corrected chi connectivity index (χ2v) is 7.62. The molecular formula is C19H24N2O2S. The summed E-state index contributed by atoms with van der Waals surface area (Å²) in [6.45, 7) is 5.68. The molecule has 1 atom stereocenters. The lowest BCUT2D eigenvalue weighted by Gasteiger charge is -2.37. The van der Waals surface area contributed by atoms with Crippen LogP contribution in [0.15, 0.2) is 42.5 Å². The van der Waals surface area contributed by atoms with Gasteiger partial charge in [0.1, 0.15) is 5.75 Å². The Bertz CT molecular complexity index is 678. The van der Waals surface area contributed by atoms with Crippen molar-refractivity contribution >= 4 is 17.2 Å². The van der Waals surface area contributed by atoms with Crippen LogP contribution in [0.1, 0.15) is 35.6 Å². The highest BCUT2D eigenvalue weighted by molar-refractivity contribution is 7.12. The Balaban J connectivity index is 1.76. The maximum absolute atomic E-state index is 13.1. The highest BCUT2D eigenvalue weighted by atomic mass is 32.1. The number of nitrogens with one attached hydrogen (secondary N) is 2. The lowest BCUT2D eigenvalue weighted by molar-refractivity contribution is -0.140. The first kappa shape index (κ1) is 17.0. The average Bonchev–Trinajstić information content (AvgIpc) is 3.03. The molecule has 3 rings (SSSR count). The number of thiophene rings is 1. The number of carbonyl (C=O) groups excluding carboxylic acids is 1. The Morgan fingerprint density at radius 1 is 1.21 bits per heavy atom. The summed E-state index contributed by atoms with van der Waals surface area (Å²) in [5, 5.41) is 6.47. The van der Waals surface area contributed by atoms with Crippen LogP contribution in [0.25, 0.3) is 0 Å². The van der Waals surface area contributed by atoms with E-state index in [1.807, 2.05) is 37.3 Å². The minimum Gasteiger partial charge on any atom is -0.477 e. The van der Waals surface area contributed by atoms with Crippen molar-refractivity contribution in [1.29, 1.82) is 0 Å². The summed E-state index contributed by atoms with van der Waals surface area (Å²) >= 11 is 1.72. The molecule has 24 heavy (non-hydrogen) atoms. The van der Waals surface area contributed by atoms with E-state index in [0.29, 0.717) is 12.8 Å². The topological polar surface area (TPSA) is 50.4 Å². The normalized spacial score (nSPS) is 17.9. The van der Waals surface area contributed by atoms with Crippen molar-refractivity contribution < 1.29 is 9.53 Å². The molecule has 1 aromatic heterocycles. The van der Waals surface area contributed by atoms with Crippen LogP contribution in [-0.2, 0) is 4.79 Å². The van der Waals surface area contributed by atoms with Crippen LogP contribution in [0.4, 0.5) is 0 Å². The van der Waals surface area contributed by atoms with E-state index in [4.69, 9.17) is 4.74 Å². The maximum Gasteiger partial charge on any atom is 0.264 e. The van der Waals surface area contributed by atoms with Gasteiger partial charge in [-0.1, -0.05) is 18.2 Å². The van der Waals surface area contributed by atoms with Crippen molar-refractivity contribution in [3.8, 4) is 5.75 Å². The zero-order chi connectivity index (χ0) is 17.0. The van der Waals surface area contributed by atoms with Crippen molar-refractivity contribution in [1.82, 2.24) is 10.6 Å². The smallest absolute Gasteiger partial charge is 0.264 e. The molecule has 0 spiro atoms. The SMILES string of the molecule is Cc1ccc([C@H](C)NC(=O)C2(Oc3ccccc3)CCNCC2)s1. The molecule has 1 saturated heterocycles. The third kappa shape index (κ3) is 3.79. The van der Waals surface area contributed by atoms with E-state index in [1.54, 1.807) is 11.3 Å². The molecule has 2 aromatic rings. The van der Waals surface area contributed by atoms with Gasteiger partial charge in [-0.3, -0.25) is 4.79 Å². The summed E-state index contributed by atoms with van der Waals surface area (Å²) < 4.78 is 6.20. The lowest BCUT2D eigenvalue weighted by atomic mass is 9.90. The molecule has 1 fully saturated rings. The van der Waals surface area contributed by atoms with Crippen molar-refractivity contribution in [2.24, 2.45) is 0 Å². The number of carbonyl (C=O) groups is 1. The van der Waals surface area contributed by atoms with Crippen LogP contribution < -0.4 is 15.4 Å². The Kier molecular flexibility index (Phi) is 5.21. The fourth-order valence-electron chi connectivity index (χ4n) is 3.01. The van der Waals surface area contributed by atoms with Crippen LogP contribution in [0.5, 0.6) is 5.75 Å². The molecular weight excluding hydrogens is 320 g/mol. The number of para-hydroxylation sites is 1. The van der Waals surface area contributed by atoms with E-state index in [2.05, 4.69) is 29.7 Å². The minimum atomic E-state index is -0.798. The predicted molar refractivity (Wildman–Crippen MR) is 97.5 cm³/mol. The van der Waals surface area contributed by atoms with Gasteiger partial charge in [0.05, 0.1) is 6.04 Å². The Labute approximate surface area is 147 Å². The van der Waals surface area contributed by atoms with Gasteiger partial charge in [0.15, 0.2) is 5.60 Å². The van der Waals surface area contributed by atoms with Crippen molar-refractivity contribution in [3.63, 3.8) is 0 Å². The second kappa shape index (κ2) is 7.36. The van der Waals surface area contributed by atoms with Crippen LogP contribution >= 0.6 is 11.3 Å². The van der Waals surface area contributed by atoms with E-state index >= 15 is 0 Å². The van der Waals surface area contributed by atoms with Gasteiger partial charge in [-0.15, -0.1) is 11.3 Å². The van der Waals surface area contributed by atoms with Gasteiger partial charge in [0.25, 0.3) is 5.91 Å². The van der Waals surface area contributed by atoms with Gasteiger partial charge in [-0.2, -0.15) is 0 Å². The van der Waals surface area contributed by atoms with Crippen LogP contribution in [-0.4, -0.2) is 24.6 Å². The van der Waals surface area contributed by atoms with E-state index < -0.39 is 5.60 Å². The third-order valence-corrected chi connectivity index (χ3v) is 5.60. The zero-order valence-corrected chi connectivity index (χ0v) is 15.0. The third-order valence-electron chi connectivity index (χ3n) is 4.42. The summed E-state index contributed by atoms with van der Waals surface area (Å²) in [7, 11) is 0. The maximum atomic E-state index is 13.1. The minimum absolute atomic E-state index is 0.0117. The molecule has 1 aliphatic rings. The average molecular weight is 344 g/mol. The Morgan fingerprint density at radius 3 is 2.54 bits per heavy atom. The molecule has 5 heteroatoms. The van der Waals surface area contributed by atoms with Crippen molar-refractivity contribution in [3.05, 3.63) is 52.2 Å².